The summed E-state index contributed by atoms with van der Waals surface area (Å²) in [6.45, 7) is 8.33. The van der Waals surface area contributed by atoms with Crippen LogP contribution in [0.1, 0.15) is 13.3 Å². The van der Waals surface area contributed by atoms with Gasteiger partial charge in [-0.25, -0.2) is 0 Å². The van der Waals surface area contributed by atoms with Crippen molar-refractivity contribution >= 4 is 5.96 Å². The number of aliphatic imine (C=N–C) groups is 1. The summed E-state index contributed by atoms with van der Waals surface area (Å²) in [5, 5.41) is 6.59. The molecule has 5 nitrogen and oxygen atoms in total. The first-order valence-corrected chi connectivity index (χ1v) is 6.46. The average Bonchev–Trinajstić information content (AvgIpc) is 2.81. The van der Waals surface area contributed by atoms with Crippen LogP contribution in [0.2, 0.25) is 0 Å². The van der Waals surface area contributed by atoms with Crippen molar-refractivity contribution in [3.05, 3.63) is 0 Å². The molecule has 1 unspecified atom stereocenters. The van der Waals surface area contributed by atoms with Gasteiger partial charge in [-0.1, -0.05) is 6.92 Å². The lowest BCUT2D eigenvalue weighted by atomic mass is 10.1. The van der Waals surface area contributed by atoms with Gasteiger partial charge >= 0.3 is 0 Å². The molecule has 0 amide bonds. The zero-order chi connectivity index (χ0) is 12.5. The molecule has 1 atom stereocenters. The molecule has 1 heterocycles. The molecule has 0 aromatic heterocycles. The van der Waals surface area contributed by atoms with Gasteiger partial charge in [-0.3, -0.25) is 4.99 Å². The maximum atomic E-state index is 4.99. The van der Waals surface area contributed by atoms with Crippen LogP contribution in [0.4, 0.5) is 0 Å². The van der Waals surface area contributed by atoms with Gasteiger partial charge in [0, 0.05) is 33.8 Å². The monoisotopic (exact) mass is 242 g/mol. The standard InChI is InChI=1S/C12H26N4O/c1-4-16-7-5-11(10-16)9-15-12(13-2)14-6-8-17-3/h11H,4-10H2,1-3H3,(H2,13,14,15). The van der Waals surface area contributed by atoms with Crippen molar-refractivity contribution < 1.29 is 4.74 Å². The number of likely N-dealkylation sites (tertiary alicyclic amines) is 1. The van der Waals surface area contributed by atoms with Crippen LogP contribution in [0.15, 0.2) is 4.99 Å². The summed E-state index contributed by atoms with van der Waals surface area (Å²) in [5.74, 6) is 1.62. The van der Waals surface area contributed by atoms with E-state index in [0.29, 0.717) is 6.61 Å². The third kappa shape index (κ3) is 5.37. The Morgan fingerprint density at radius 2 is 2.29 bits per heavy atom. The van der Waals surface area contributed by atoms with Crippen LogP contribution in [-0.2, 0) is 4.74 Å². The molecule has 1 fully saturated rings. The molecule has 5 heteroatoms. The Hall–Kier alpha value is -0.810. The van der Waals surface area contributed by atoms with E-state index < -0.39 is 0 Å². The number of methoxy groups -OCH3 is 1. The summed E-state index contributed by atoms with van der Waals surface area (Å²) in [5.41, 5.74) is 0. The van der Waals surface area contributed by atoms with Crippen LogP contribution < -0.4 is 10.6 Å². The molecule has 2 N–H and O–H groups in total. The highest BCUT2D eigenvalue weighted by molar-refractivity contribution is 5.79. The van der Waals surface area contributed by atoms with Crippen molar-refractivity contribution in [3.8, 4) is 0 Å². The third-order valence-electron chi connectivity index (χ3n) is 3.20. The number of rotatable bonds is 6. The van der Waals surface area contributed by atoms with Gasteiger partial charge in [0.1, 0.15) is 0 Å². The highest BCUT2D eigenvalue weighted by Crippen LogP contribution is 2.14. The average molecular weight is 242 g/mol. The molecule has 17 heavy (non-hydrogen) atoms. The minimum atomic E-state index is 0.702. The second-order valence-electron chi connectivity index (χ2n) is 4.42. The first-order chi connectivity index (χ1) is 8.30. The van der Waals surface area contributed by atoms with Gasteiger partial charge in [0.15, 0.2) is 5.96 Å². The predicted octanol–water partition coefficient (Wildman–Crippen LogP) is 0.140. The van der Waals surface area contributed by atoms with Crippen molar-refractivity contribution in [2.75, 3.05) is 53.5 Å². The number of nitrogens with one attached hydrogen (secondary N) is 2. The minimum Gasteiger partial charge on any atom is -0.383 e. The van der Waals surface area contributed by atoms with Gasteiger partial charge in [0.05, 0.1) is 6.61 Å². The normalized spacial score (nSPS) is 21.8. The van der Waals surface area contributed by atoms with Crippen LogP contribution in [0.3, 0.4) is 0 Å². The Morgan fingerprint density at radius 1 is 1.47 bits per heavy atom. The van der Waals surface area contributed by atoms with Crippen molar-refractivity contribution in [2.45, 2.75) is 13.3 Å². The second-order valence-corrected chi connectivity index (χ2v) is 4.42. The van der Waals surface area contributed by atoms with E-state index in [-0.39, 0.29) is 0 Å². The first-order valence-electron chi connectivity index (χ1n) is 6.46. The summed E-state index contributed by atoms with van der Waals surface area (Å²) < 4.78 is 4.99. The van der Waals surface area contributed by atoms with E-state index in [1.54, 1.807) is 14.2 Å². The lowest BCUT2D eigenvalue weighted by Crippen LogP contribution is -2.41. The summed E-state index contributed by atoms with van der Waals surface area (Å²) in [7, 11) is 3.50. The van der Waals surface area contributed by atoms with Crippen LogP contribution in [-0.4, -0.2) is 64.3 Å². The molecule has 0 saturated carbocycles. The lowest BCUT2D eigenvalue weighted by molar-refractivity contribution is 0.203. The van der Waals surface area contributed by atoms with E-state index >= 15 is 0 Å². The summed E-state index contributed by atoms with van der Waals surface area (Å²) in [6, 6.07) is 0. The number of guanidine groups is 1. The van der Waals surface area contributed by atoms with Gasteiger partial charge in [0.25, 0.3) is 0 Å². The molecule has 1 saturated heterocycles. The molecular formula is C12H26N4O. The van der Waals surface area contributed by atoms with E-state index in [0.717, 1.165) is 31.5 Å². The zero-order valence-corrected chi connectivity index (χ0v) is 11.3. The Bertz CT molecular complexity index is 233. The molecule has 1 rings (SSSR count). The maximum Gasteiger partial charge on any atom is 0.191 e. The largest absolute Gasteiger partial charge is 0.383 e. The third-order valence-corrected chi connectivity index (χ3v) is 3.20. The van der Waals surface area contributed by atoms with Crippen molar-refractivity contribution in [1.29, 1.82) is 0 Å². The van der Waals surface area contributed by atoms with Gasteiger partial charge in [-0.2, -0.15) is 0 Å². The molecular weight excluding hydrogens is 216 g/mol. The minimum absolute atomic E-state index is 0.702. The molecule has 0 spiro atoms. The summed E-state index contributed by atoms with van der Waals surface area (Å²) in [4.78, 5) is 6.68. The Balaban J connectivity index is 2.15. The fourth-order valence-corrected chi connectivity index (χ4v) is 2.10. The fourth-order valence-electron chi connectivity index (χ4n) is 2.10. The number of nitrogens with zero attached hydrogens (tertiary/aromatic N) is 2. The zero-order valence-electron chi connectivity index (χ0n) is 11.3. The van der Waals surface area contributed by atoms with Crippen molar-refractivity contribution in [2.24, 2.45) is 10.9 Å². The van der Waals surface area contributed by atoms with Gasteiger partial charge in [0.2, 0.25) is 0 Å². The summed E-state index contributed by atoms with van der Waals surface area (Å²) >= 11 is 0. The number of ether oxygens (including phenoxy) is 1. The highest BCUT2D eigenvalue weighted by atomic mass is 16.5. The predicted molar refractivity (Wildman–Crippen MR) is 71.5 cm³/mol. The summed E-state index contributed by atoms with van der Waals surface area (Å²) in [6.07, 6.45) is 1.29. The van der Waals surface area contributed by atoms with Crippen LogP contribution >= 0.6 is 0 Å². The molecule has 100 valence electrons. The fraction of sp³-hybridized carbons (Fsp3) is 0.917. The topological polar surface area (TPSA) is 48.9 Å². The quantitative estimate of drug-likeness (QED) is 0.395. The Morgan fingerprint density at radius 3 is 2.88 bits per heavy atom. The van der Waals surface area contributed by atoms with Gasteiger partial charge in [-0.05, 0) is 25.4 Å². The molecule has 0 bridgehead atoms. The Labute approximate surface area is 105 Å². The smallest absolute Gasteiger partial charge is 0.191 e. The number of hydrogen-bond donors (Lipinski definition) is 2. The van der Waals surface area contributed by atoms with Crippen LogP contribution in [0.25, 0.3) is 0 Å². The van der Waals surface area contributed by atoms with Gasteiger partial charge in [-0.15, -0.1) is 0 Å². The molecule has 1 aliphatic rings. The van der Waals surface area contributed by atoms with E-state index in [2.05, 4.69) is 27.4 Å². The molecule has 0 radical (unpaired) electrons. The van der Waals surface area contributed by atoms with Crippen LogP contribution in [0.5, 0.6) is 0 Å². The van der Waals surface area contributed by atoms with E-state index in [4.69, 9.17) is 4.74 Å². The first kappa shape index (κ1) is 14.3. The van der Waals surface area contributed by atoms with E-state index in [1.807, 2.05) is 0 Å². The second kappa shape index (κ2) is 8.31. The van der Waals surface area contributed by atoms with Gasteiger partial charge < -0.3 is 20.3 Å². The lowest BCUT2D eigenvalue weighted by Gasteiger charge is -2.16. The molecule has 0 aliphatic carbocycles. The number of hydrogen-bond acceptors (Lipinski definition) is 3. The highest BCUT2D eigenvalue weighted by Gasteiger charge is 2.20. The van der Waals surface area contributed by atoms with Crippen molar-refractivity contribution in [3.63, 3.8) is 0 Å². The molecule has 1 aliphatic heterocycles. The molecule has 0 aromatic carbocycles. The molecule has 0 aromatic rings. The van der Waals surface area contributed by atoms with Crippen LogP contribution in [0, 0.1) is 5.92 Å². The SMILES string of the molecule is CCN1CCC(CNC(=NC)NCCOC)C1. The van der Waals surface area contributed by atoms with E-state index in [9.17, 15) is 0 Å². The maximum absolute atomic E-state index is 4.99. The van der Waals surface area contributed by atoms with E-state index in [1.165, 1.54) is 19.5 Å². The Kier molecular flexibility index (Phi) is 6.96. The van der Waals surface area contributed by atoms with Crippen molar-refractivity contribution in [1.82, 2.24) is 15.5 Å².